The fourth-order valence-corrected chi connectivity index (χ4v) is 1.81. The third-order valence-corrected chi connectivity index (χ3v) is 2.47. The Hall–Kier alpha value is 0.00948. The molecule has 0 aromatic rings. The summed E-state index contributed by atoms with van der Waals surface area (Å²) in [6.45, 7) is 8.00. The maximum absolute atomic E-state index is 6.50. The van der Waals surface area contributed by atoms with Crippen LogP contribution in [0.2, 0.25) is 10.6 Å². The number of hydrogen-bond donors (Lipinski definition) is 0. The first-order chi connectivity index (χ1) is 5.41. The summed E-state index contributed by atoms with van der Waals surface area (Å²) in [5.74, 6) is 0. The molecule has 0 atom stereocenters. The number of unbranched alkanes of at least 4 members (excludes halogenated alkanes) is 2. The molecule has 0 saturated carbocycles. The summed E-state index contributed by atoms with van der Waals surface area (Å²) in [4.78, 5) is 0. The summed E-state index contributed by atoms with van der Waals surface area (Å²) in [7, 11) is 0. The topological polar surface area (TPSA) is 23.8 Å². The standard InChI is InChI=1S/2C4H9.CHN.Cu/c2*1-3-4-2;1-2;/h2*1,3-4H2,2H3;1H;. The van der Waals surface area contributed by atoms with Crippen molar-refractivity contribution in [1.29, 1.82) is 5.26 Å². The average molecular weight is 205 g/mol. The summed E-state index contributed by atoms with van der Waals surface area (Å²) >= 11 is 2.18. The van der Waals surface area contributed by atoms with Gasteiger partial charge in [0.05, 0.1) is 0 Å². The molecule has 0 amide bonds. The van der Waals surface area contributed by atoms with E-state index in [1.54, 1.807) is 0 Å². The molecule has 0 rings (SSSR count). The van der Waals surface area contributed by atoms with E-state index in [0.29, 0.717) is 0 Å². The quantitative estimate of drug-likeness (QED) is 0.479. The Kier molecular flexibility index (Phi) is 20.4. The molecule has 0 bridgehead atoms. The fraction of sp³-hybridized carbons (Fsp3) is 0.889. The van der Waals surface area contributed by atoms with E-state index in [9.17, 15) is 0 Å². The molecule has 0 fully saturated rings. The monoisotopic (exact) mass is 204 g/mol. The Morgan fingerprint density at radius 2 is 1.36 bits per heavy atom. The van der Waals surface area contributed by atoms with Crippen LogP contribution in [0.1, 0.15) is 39.5 Å². The van der Waals surface area contributed by atoms with Gasteiger partial charge in [-0.15, -0.1) is 0 Å². The second kappa shape index (κ2) is 16.5. The van der Waals surface area contributed by atoms with E-state index >= 15 is 0 Å². The first kappa shape index (κ1) is 13.6. The molecule has 71 valence electrons. The van der Waals surface area contributed by atoms with E-state index < -0.39 is 0 Å². The second-order valence-corrected chi connectivity index (χ2v) is 3.57. The van der Waals surface area contributed by atoms with Crippen LogP contribution in [0.15, 0.2) is 0 Å². The van der Waals surface area contributed by atoms with Crippen molar-refractivity contribution in [3.63, 3.8) is 0 Å². The number of rotatable bonds is 6. The van der Waals surface area contributed by atoms with Crippen LogP contribution >= 0.6 is 0 Å². The molecule has 0 spiro atoms. The van der Waals surface area contributed by atoms with Crippen molar-refractivity contribution in [1.82, 2.24) is 0 Å². The summed E-state index contributed by atoms with van der Waals surface area (Å²) in [5.41, 5.74) is 0. The summed E-state index contributed by atoms with van der Waals surface area (Å²) in [6.07, 6.45) is 5.47. The molecule has 1 nitrogen and oxygen atoms in total. The van der Waals surface area contributed by atoms with Crippen LogP contribution in [0, 0.1) is 11.8 Å². The number of nitriles is 1. The van der Waals surface area contributed by atoms with E-state index in [1.807, 2.05) is 0 Å². The molecule has 0 N–H and O–H groups in total. The van der Waals surface area contributed by atoms with Crippen molar-refractivity contribution in [3.8, 4) is 6.57 Å². The first-order valence-electron chi connectivity index (χ1n) is 4.10. The van der Waals surface area contributed by atoms with Gasteiger partial charge in [0, 0.05) is 6.57 Å². The molecule has 0 aromatic heterocycles. The van der Waals surface area contributed by atoms with Crippen molar-refractivity contribution < 1.29 is 15.0 Å². The Morgan fingerprint density at radius 1 is 1.00 bits per heavy atom. The molecule has 0 aliphatic rings. The fourth-order valence-electron chi connectivity index (χ4n) is 0.439. The summed E-state index contributed by atoms with van der Waals surface area (Å²) < 4.78 is 0. The average Bonchev–Trinajstić information content (AvgIpc) is 2.08. The van der Waals surface area contributed by atoms with Crippen LogP contribution in [0.5, 0.6) is 0 Å². The van der Waals surface area contributed by atoms with Gasteiger partial charge in [-0.25, -0.2) is 5.26 Å². The molecule has 0 radical (unpaired) electrons. The second-order valence-electron chi connectivity index (χ2n) is 2.16. The van der Waals surface area contributed by atoms with Crippen LogP contribution in [0.25, 0.3) is 0 Å². The molecule has 11 heavy (non-hydrogen) atoms. The zero-order chi connectivity index (χ0) is 8.95. The van der Waals surface area contributed by atoms with Gasteiger partial charge in [0.25, 0.3) is 0 Å². The summed E-state index contributed by atoms with van der Waals surface area (Å²) in [5, 5.41) is 9.22. The van der Waals surface area contributed by atoms with Gasteiger partial charge in [0.15, 0.2) is 0 Å². The van der Waals surface area contributed by atoms with Crippen LogP contribution in [0.3, 0.4) is 0 Å². The van der Waals surface area contributed by atoms with E-state index in [2.05, 4.69) is 35.4 Å². The van der Waals surface area contributed by atoms with Crippen LogP contribution in [0.4, 0.5) is 0 Å². The van der Waals surface area contributed by atoms with Crippen molar-refractivity contribution in [3.05, 3.63) is 0 Å². The molecule has 0 aliphatic carbocycles. The SMILES string of the molecule is C#N.CCC[CH2][Cu][CH2]CCC. The van der Waals surface area contributed by atoms with Crippen molar-refractivity contribution in [2.24, 2.45) is 0 Å². The first-order valence-corrected chi connectivity index (χ1v) is 5.43. The molecular formula is C9H19CuN. The zero-order valence-corrected chi connectivity index (χ0v) is 8.51. The third kappa shape index (κ3) is 17.8. The van der Waals surface area contributed by atoms with Crippen LogP contribution < -0.4 is 0 Å². The Bertz CT molecular complexity index is 65.2. The Balaban J connectivity index is 0. The van der Waals surface area contributed by atoms with Crippen LogP contribution in [-0.4, -0.2) is 0 Å². The maximum atomic E-state index is 6.50. The Morgan fingerprint density at radius 3 is 1.64 bits per heavy atom. The Labute approximate surface area is 77.3 Å². The molecule has 0 heterocycles. The minimum absolute atomic E-state index is 1.34. The van der Waals surface area contributed by atoms with Gasteiger partial charge >= 0.3 is 65.1 Å². The van der Waals surface area contributed by atoms with Gasteiger partial charge in [-0.05, 0) is 0 Å². The molecule has 2 heteroatoms. The van der Waals surface area contributed by atoms with E-state index in [1.165, 1.54) is 36.3 Å². The van der Waals surface area contributed by atoms with E-state index in [4.69, 9.17) is 5.26 Å². The predicted molar refractivity (Wildman–Crippen MR) is 46.1 cm³/mol. The molecular weight excluding hydrogens is 186 g/mol. The number of nitrogens with zero attached hydrogens (tertiary/aromatic N) is 1. The minimum atomic E-state index is 1.34. The normalized spacial score (nSPS) is 8.73. The van der Waals surface area contributed by atoms with Gasteiger partial charge in [0.1, 0.15) is 0 Å². The van der Waals surface area contributed by atoms with Crippen molar-refractivity contribution in [2.75, 3.05) is 0 Å². The van der Waals surface area contributed by atoms with Gasteiger partial charge in [0.2, 0.25) is 0 Å². The van der Waals surface area contributed by atoms with Gasteiger partial charge < -0.3 is 0 Å². The van der Waals surface area contributed by atoms with E-state index in [0.717, 1.165) is 0 Å². The van der Waals surface area contributed by atoms with Gasteiger partial charge in [-0.3, -0.25) is 0 Å². The molecule has 0 aromatic carbocycles. The predicted octanol–water partition coefficient (Wildman–Crippen LogP) is 3.65. The summed E-state index contributed by atoms with van der Waals surface area (Å²) in [6, 6.07) is 0. The number of hydrogen-bond acceptors (Lipinski definition) is 1. The molecule has 0 saturated heterocycles. The molecule has 0 aliphatic heterocycles. The third-order valence-electron chi connectivity index (χ3n) is 1.13. The zero-order valence-electron chi connectivity index (χ0n) is 7.57. The van der Waals surface area contributed by atoms with E-state index in [-0.39, 0.29) is 0 Å². The molecule has 0 unspecified atom stereocenters. The van der Waals surface area contributed by atoms with Crippen molar-refractivity contribution >= 4 is 0 Å². The van der Waals surface area contributed by atoms with Gasteiger partial charge in [-0.2, -0.15) is 0 Å². The van der Waals surface area contributed by atoms with Crippen LogP contribution in [-0.2, 0) is 15.0 Å². The van der Waals surface area contributed by atoms with Gasteiger partial charge in [-0.1, -0.05) is 0 Å². The van der Waals surface area contributed by atoms with Crippen molar-refractivity contribution in [2.45, 2.75) is 50.2 Å².